The summed E-state index contributed by atoms with van der Waals surface area (Å²) in [6.45, 7) is 10.3. The van der Waals surface area contributed by atoms with Crippen molar-refractivity contribution in [2.75, 3.05) is 52.5 Å². The summed E-state index contributed by atoms with van der Waals surface area (Å²) >= 11 is 0. The molecule has 0 spiro atoms. The molecule has 162 valence electrons. The summed E-state index contributed by atoms with van der Waals surface area (Å²) in [5, 5.41) is 3.46. The van der Waals surface area contributed by atoms with Gasteiger partial charge in [-0.05, 0) is 37.7 Å². The lowest BCUT2D eigenvalue weighted by Crippen LogP contribution is -2.46. The molecule has 3 fully saturated rings. The summed E-state index contributed by atoms with van der Waals surface area (Å²) in [5.41, 5.74) is 1.11. The lowest BCUT2D eigenvalue weighted by atomic mass is 10.2. The molecule has 1 N–H and O–H groups in total. The molecule has 0 radical (unpaired) electrons. The number of morpholine rings is 1. The number of pyridine rings is 1. The lowest BCUT2D eigenvalue weighted by Gasteiger charge is -2.32. The highest BCUT2D eigenvalue weighted by atomic mass is 127. The Morgan fingerprint density at radius 3 is 2.76 bits per heavy atom. The van der Waals surface area contributed by atoms with Gasteiger partial charge in [0, 0.05) is 51.0 Å². The van der Waals surface area contributed by atoms with Gasteiger partial charge in [0.05, 0.1) is 26.4 Å². The lowest BCUT2D eigenvalue weighted by molar-refractivity contribution is 0.0195. The highest BCUT2D eigenvalue weighted by molar-refractivity contribution is 14.0. The summed E-state index contributed by atoms with van der Waals surface area (Å²) in [4.78, 5) is 14.3. The first-order valence-corrected chi connectivity index (χ1v) is 10.7. The van der Waals surface area contributed by atoms with Crippen molar-refractivity contribution in [1.82, 2.24) is 20.1 Å². The first-order valence-electron chi connectivity index (χ1n) is 10.7. The van der Waals surface area contributed by atoms with Crippen molar-refractivity contribution in [1.29, 1.82) is 0 Å². The van der Waals surface area contributed by atoms with Crippen LogP contribution in [0.3, 0.4) is 0 Å². The molecular formula is C21H34IN5O2. The number of aromatic nitrogens is 1. The minimum absolute atomic E-state index is 0. The molecule has 7 nitrogen and oxygen atoms in total. The summed E-state index contributed by atoms with van der Waals surface area (Å²) < 4.78 is 11.2. The van der Waals surface area contributed by atoms with Gasteiger partial charge in [0.25, 0.3) is 0 Å². The smallest absolute Gasteiger partial charge is 0.213 e. The summed E-state index contributed by atoms with van der Waals surface area (Å²) in [7, 11) is 0. The quantitative estimate of drug-likeness (QED) is 0.342. The predicted molar refractivity (Wildman–Crippen MR) is 125 cm³/mol. The first-order chi connectivity index (χ1) is 13.8. The Hall–Kier alpha value is -1.13. The van der Waals surface area contributed by atoms with E-state index in [-0.39, 0.29) is 24.0 Å². The van der Waals surface area contributed by atoms with Crippen LogP contribution in [-0.4, -0.2) is 79.3 Å². The number of hydrogen-bond acceptors (Lipinski definition) is 5. The Morgan fingerprint density at radius 2 is 2.07 bits per heavy atom. The Morgan fingerprint density at radius 1 is 1.24 bits per heavy atom. The fourth-order valence-electron chi connectivity index (χ4n) is 3.84. The number of likely N-dealkylation sites (tertiary alicyclic amines) is 1. The number of ether oxygens (including phenoxy) is 2. The fourth-order valence-corrected chi connectivity index (χ4v) is 3.84. The molecule has 8 heteroatoms. The average molecular weight is 515 g/mol. The molecule has 1 saturated carbocycles. The number of aliphatic imine (C=N–C) groups is 1. The van der Waals surface area contributed by atoms with Crippen LogP contribution in [0, 0.1) is 5.92 Å². The minimum Gasteiger partial charge on any atom is -0.477 e. The second-order valence-corrected chi connectivity index (χ2v) is 7.97. The van der Waals surface area contributed by atoms with Gasteiger partial charge in [-0.25, -0.2) is 9.98 Å². The second-order valence-electron chi connectivity index (χ2n) is 7.97. The first kappa shape index (κ1) is 22.6. The number of nitrogens with zero attached hydrogens (tertiary/aromatic N) is 4. The number of nitrogens with one attached hydrogen (secondary N) is 1. The van der Waals surface area contributed by atoms with E-state index in [9.17, 15) is 0 Å². The Bertz CT molecular complexity index is 647. The van der Waals surface area contributed by atoms with Gasteiger partial charge in [0.1, 0.15) is 0 Å². The van der Waals surface area contributed by atoms with Crippen molar-refractivity contribution < 1.29 is 9.47 Å². The Kier molecular flexibility index (Phi) is 8.80. The maximum absolute atomic E-state index is 5.72. The molecule has 1 aromatic rings. The van der Waals surface area contributed by atoms with Crippen molar-refractivity contribution in [2.24, 2.45) is 10.9 Å². The standard InChI is InChI=1S/C21H33N5O2.HI/c1-2-22-21(26-8-7-19(15-26)25-9-11-27-12-10-25)24-14-18-5-6-20(23-13-18)28-16-17-3-4-17;/h5-6,13,17,19H,2-4,7-12,14-16H2,1H3,(H,22,24);1H. The molecule has 0 aromatic carbocycles. The van der Waals surface area contributed by atoms with Crippen LogP contribution >= 0.6 is 24.0 Å². The van der Waals surface area contributed by atoms with Gasteiger partial charge in [-0.3, -0.25) is 4.90 Å². The topological polar surface area (TPSA) is 62.2 Å². The predicted octanol–water partition coefficient (Wildman–Crippen LogP) is 2.36. The van der Waals surface area contributed by atoms with Gasteiger partial charge in [0.2, 0.25) is 5.88 Å². The highest BCUT2D eigenvalue weighted by Gasteiger charge is 2.30. The molecule has 3 aliphatic rings. The van der Waals surface area contributed by atoms with Crippen LogP contribution in [0.2, 0.25) is 0 Å². The average Bonchev–Trinajstić information content (AvgIpc) is 3.45. The normalized spacial score (nSPS) is 23.0. The van der Waals surface area contributed by atoms with Gasteiger partial charge in [-0.1, -0.05) is 6.07 Å². The summed E-state index contributed by atoms with van der Waals surface area (Å²) in [5.74, 6) is 2.47. The number of hydrogen-bond donors (Lipinski definition) is 1. The largest absolute Gasteiger partial charge is 0.477 e. The third kappa shape index (κ3) is 6.68. The van der Waals surface area contributed by atoms with E-state index in [2.05, 4.69) is 33.1 Å². The van der Waals surface area contributed by atoms with E-state index in [0.717, 1.165) is 75.9 Å². The van der Waals surface area contributed by atoms with E-state index in [0.29, 0.717) is 12.6 Å². The molecule has 0 amide bonds. The van der Waals surface area contributed by atoms with E-state index < -0.39 is 0 Å². The van der Waals surface area contributed by atoms with Crippen molar-refractivity contribution in [3.05, 3.63) is 23.9 Å². The van der Waals surface area contributed by atoms with Crippen LogP contribution in [0.15, 0.2) is 23.3 Å². The van der Waals surface area contributed by atoms with Crippen LogP contribution in [-0.2, 0) is 11.3 Å². The van der Waals surface area contributed by atoms with Crippen LogP contribution in [0.25, 0.3) is 0 Å². The molecule has 1 unspecified atom stereocenters. The van der Waals surface area contributed by atoms with E-state index in [1.165, 1.54) is 19.3 Å². The molecule has 2 saturated heterocycles. The molecule has 1 atom stereocenters. The second kappa shape index (κ2) is 11.3. The highest BCUT2D eigenvalue weighted by Crippen LogP contribution is 2.29. The zero-order chi connectivity index (χ0) is 19.2. The van der Waals surface area contributed by atoms with Crippen molar-refractivity contribution >= 4 is 29.9 Å². The molecule has 29 heavy (non-hydrogen) atoms. The SMILES string of the molecule is CCNC(=NCc1ccc(OCC2CC2)nc1)N1CCC(N2CCOCC2)C1.I. The Labute approximate surface area is 191 Å². The third-order valence-corrected chi connectivity index (χ3v) is 5.73. The van der Waals surface area contributed by atoms with Crippen LogP contribution in [0.4, 0.5) is 0 Å². The minimum atomic E-state index is 0. The van der Waals surface area contributed by atoms with E-state index in [1.807, 2.05) is 12.3 Å². The van der Waals surface area contributed by atoms with Gasteiger partial charge in [-0.2, -0.15) is 0 Å². The van der Waals surface area contributed by atoms with Crippen molar-refractivity contribution in [3.8, 4) is 5.88 Å². The molecule has 1 aromatic heterocycles. The maximum atomic E-state index is 5.72. The van der Waals surface area contributed by atoms with Gasteiger partial charge < -0.3 is 19.7 Å². The molecular weight excluding hydrogens is 481 g/mol. The fraction of sp³-hybridized carbons (Fsp3) is 0.714. The zero-order valence-corrected chi connectivity index (χ0v) is 19.7. The number of rotatable bonds is 7. The van der Waals surface area contributed by atoms with Crippen LogP contribution < -0.4 is 10.1 Å². The van der Waals surface area contributed by atoms with Gasteiger partial charge in [0.15, 0.2) is 5.96 Å². The zero-order valence-electron chi connectivity index (χ0n) is 17.4. The number of guanidine groups is 1. The third-order valence-electron chi connectivity index (χ3n) is 5.73. The van der Waals surface area contributed by atoms with Crippen LogP contribution in [0.1, 0.15) is 31.7 Å². The molecule has 1 aliphatic carbocycles. The van der Waals surface area contributed by atoms with Crippen molar-refractivity contribution in [2.45, 2.75) is 38.8 Å². The van der Waals surface area contributed by atoms with E-state index in [4.69, 9.17) is 14.5 Å². The maximum Gasteiger partial charge on any atom is 0.213 e. The van der Waals surface area contributed by atoms with Crippen LogP contribution in [0.5, 0.6) is 5.88 Å². The molecule has 2 aliphatic heterocycles. The monoisotopic (exact) mass is 515 g/mol. The van der Waals surface area contributed by atoms with E-state index in [1.54, 1.807) is 0 Å². The molecule has 0 bridgehead atoms. The Balaban J connectivity index is 0.00000240. The molecule has 4 rings (SSSR count). The van der Waals surface area contributed by atoms with Gasteiger partial charge >= 0.3 is 0 Å². The molecule has 3 heterocycles. The van der Waals surface area contributed by atoms with E-state index >= 15 is 0 Å². The van der Waals surface area contributed by atoms with Crippen molar-refractivity contribution in [3.63, 3.8) is 0 Å². The summed E-state index contributed by atoms with van der Waals surface area (Å²) in [6, 6.07) is 4.64. The van der Waals surface area contributed by atoms with Gasteiger partial charge in [-0.15, -0.1) is 24.0 Å². The number of halogens is 1. The summed E-state index contributed by atoms with van der Waals surface area (Å²) in [6.07, 6.45) is 5.67.